The Morgan fingerprint density at radius 3 is 3.12 bits per heavy atom. The molecule has 0 aliphatic carbocycles. The van der Waals surface area contributed by atoms with Gasteiger partial charge in [-0.15, -0.1) is 11.3 Å². The highest BCUT2D eigenvalue weighted by molar-refractivity contribution is 8.01. The quantitative estimate of drug-likeness (QED) is 0.693. The molecule has 128 valence electrons. The second-order valence-electron chi connectivity index (χ2n) is 5.57. The lowest BCUT2D eigenvalue weighted by Crippen LogP contribution is -2.30. The van der Waals surface area contributed by atoms with E-state index in [4.69, 9.17) is 9.47 Å². The van der Waals surface area contributed by atoms with Crippen LogP contribution in [0.4, 0.5) is 0 Å². The summed E-state index contributed by atoms with van der Waals surface area (Å²) in [6.45, 7) is 0.444. The summed E-state index contributed by atoms with van der Waals surface area (Å²) in [5, 5.41) is 3.03. The third-order valence-corrected chi connectivity index (χ3v) is 6.11. The fourth-order valence-electron chi connectivity index (χ4n) is 2.72. The highest BCUT2D eigenvalue weighted by Crippen LogP contribution is 2.35. The number of thioether (sulfide) groups is 1. The van der Waals surface area contributed by atoms with Gasteiger partial charge in [0.15, 0.2) is 4.34 Å². The first kappa shape index (κ1) is 16.2. The number of rotatable bonds is 5. The van der Waals surface area contributed by atoms with E-state index < -0.39 is 0 Å². The van der Waals surface area contributed by atoms with Crippen molar-refractivity contribution in [1.82, 2.24) is 10.3 Å². The molecule has 1 amide bonds. The maximum atomic E-state index is 12.3. The number of para-hydroxylation sites is 1. The first-order valence-corrected chi connectivity index (χ1v) is 9.61. The zero-order valence-corrected chi connectivity index (χ0v) is 15.2. The Kier molecular flexibility index (Phi) is 4.50. The molecule has 1 aliphatic heterocycles. The van der Waals surface area contributed by atoms with Gasteiger partial charge in [-0.25, -0.2) is 4.98 Å². The van der Waals surface area contributed by atoms with Crippen molar-refractivity contribution in [1.29, 1.82) is 0 Å². The van der Waals surface area contributed by atoms with E-state index >= 15 is 0 Å². The summed E-state index contributed by atoms with van der Waals surface area (Å²) in [7, 11) is 1.62. The molecule has 0 radical (unpaired) electrons. The van der Waals surface area contributed by atoms with Crippen molar-refractivity contribution in [3.05, 3.63) is 48.0 Å². The van der Waals surface area contributed by atoms with Gasteiger partial charge in [0.05, 0.1) is 29.1 Å². The number of carbonyl (C=O) groups is 1. The van der Waals surface area contributed by atoms with Crippen molar-refractivity contribution in [3.63, 3.8) is 0 Å². The third kappa shape index (κ3) is 3.43. The number of hydrogen-bond donors (Lipinski definition) is 1. The fraction of sp³-hybridized carbons (Fsp3) is 0.222. The molecule has 1 aromatic heterocycles. The highest BCUT2D eigenvalue weighted by Gasteiger charge is 2.26. The number of ether oxygens (including phenoxy) is 2. The lowest BCUT2D eigenvalue weighted by atomic mass is 10.1. The monoisotopic (exact) mass is 372 g/mol. The molecule has 7 heteroatoms. The van der Waals surface area contributed by atoms with Gasteiger partial charge in [0.1, 0.15) is 18.1 Å². The van der Waals surface area contributed by atoms with Crippen molar-refractivity contribution in [2.45, 2.75) is 10.4 Å². The highest BCUT2D eigenvalue weighted by atomic mass is 32.2. The summed E-state index contributed by atoms with van der Waals surface area (Å²) in [5.74, 6) is 1.85. The first-order valence-electron chi connectivity index (χ1n) is 7.81. The van der Waals surface area contributed by atoms with Crippen LogP contribution in [-0.2, 0) is 4.79 Å². The van der Waals surface area contributed by atoms with E-state index in [1.165, 1.54) is 11.8 Å². The van der Waals surface area contributed by atoms with Crippen molar-refractivity contribution < 1.29 is 14.3 Å². The first-order chi connectivity index (χ1) is 12.2. The van der Waals surface area contributed by atoms with Crippen LogP contribution in [0.25, 0.3) is 10.2 Å². The molecule has 3 aromatic rings. The number of amides is 1. The zero-order valence-electron chi connectivity index (χ0n) is 13.5. The molecule has 2 heterocycles. The molecule has 2 aromatic carbocycles. The van der Waals surface area contributed by atoms with Crippen LogP contribution in [0.1, 0.15) is 11.6 Å². The van der Waals surface area contributed by atoms with Gasteiger partial charge in [-0.2, -0.15) is 0 Å². The second-order valence-corrected chi connectivity index (χ2v) is 7.82. The molecule has 0 saturated carbocycles. The third-order valence-electron chi connectivity index (χ3n) is 3.93. The molecular weight excluding hydrogens is 356 g/mol. The Labute approximate surface area is 153 Å². The number of carbonyl (C=O) groups excluding carboxylic acids is 1. The normalized spacial score (nSPS) is 15.6. The van der Waals surface area contributed by atoms with Gasteiger partial charge >= 0.3 is 0 Å². The second kappa shape index (κ2) is 6.93. The van der Waals surface area contributed by atoms with Crippen LogP contribution in [0.2, 0.25) is 0 Å². The minimum atomic E-state index is -0.145. The van der Waals surface area contributed by atoms with Gasteiger partial charge in [0, 0.05) is 5.56 Å². The number of methoxy groups -OCH3 is 1. The Morgan fingerprint density at radius 1 is 1.40 bits per heavy atom. The van der Waals surface area contributed by atoms with Crippen LogP contribution in [-0.4, -0.2) is 30.4 Å². The number of thiazole rings is 1. The number of hydrogen-bond acceptors (Lipinski definition) is 6. The van der Waals surface area contributed by atoms with Crippen molar-refractivity contribution in [2.24, 2.45) is 0 Å². The Hall–Kier alpha value is -2.25. The number of nitrogens with one attached hydrogen (secondary N) is 1. The lowest BCUT2D eigenvalue weighted by Gasteiger charge is -2.11. The molecule has 1 atom stereocenters. The maximum Gasteiger partial charge on any atom is 0.231 e. The standard InChI is InChI=1S/C18H16N2O3S2/c1-22-11-6-7-15-12(8-11)14(9-23-15)19-17(21)10-24-18-20-13-4-2-3-5-16(13)25-18/h2-8,14H,9-10H2,1H3,(H,19,21)/t14-/m0/s1. The summed E-state index contributed by atoms with van der Waals surface area (Å²) in [5.41, 5.74) is 1.93. The summed E-state index contributed by atoms with van der Waals surface area (Å²) in [4.78, 5) is 16.8. The van der Waals surface area contributed by atoms with Gasteiger partial charge < -0.3 is 14.8 Å². The average molecular weight is 372 g/mol. The van der Waals surface area contributed by atoms with E-state index in [-0.39, 0.29) is 11.9 Å². The minimum Gasteiger partial charge on any atom is -0.497 e. The molecule has 1 N–H and O–H groups in total. The maximum absolute atomic E-state index is 12.3. The van der Waals surface area contributed by atoms with Gasteiger partial charge in [0.2, 0.25) is 5.91 Å². The van der Waals surface area contributed by atoms with E-state index in [9.17, 15) is 4.79 Å². The molecule has 1 aliphatic rings. The molecular formula is C18H16N2O3S2. The lowest BCUT2D eigenvalue weighted by molar-refractivity contribution is -0.119. The average Bonchev–Trinajstić information content (AvgIpc) is 3.23. The summed E-state index contributed by atoms with van der Waals surface area (Å²) < 4.78 is 12.9. The fourth-order valence-corrected chi connectivity index (χ4v) is 4.60. The molecule has 0 bridgehead atoms. The predicted molar refractivity (Wildman–Crippen MR) is 99.7 cm³/mol. The molecule has 25 heavy (non-hydrogen) atoms. The van der Waals surface area contributed by atoms with Crippen LogP contribution in [0.15, 0.2) is 46.8 Å². The SMILES string of the molecule is COc1ccc2c(c1)[C@@H](NC(=O)CSc1nc3ccccc3s1)CO2. The molecule has 5 nitrogen and oxygen atoms in total. The van der Waals surface area contributed by atoms with E-state index in [2.05, 4.69) is 10.3 Å². The van der Waals surface area contributed by atoms with Gasteiger partial charge in [-0.1, -0.05) is 23.9 Å². The minimum absolute atomic E-state index is 0.0338. The van der Waals surface area contributed by atoms with E-state index in [1.54, 1.807) is 18.4 Å². The Morgan fingerprint density at radius 2 is 2.28 bits per heavy atom. The Balaban J connectivity index is 1.38. The molecule has 4 rings (SSSR count). The number of aromatic nitrogens is 1. The van der Waals surface area contributed by atoms with Crippen LogP contribution < -0.4 is 14.8 Å². The number of fused-ring (bicyclic) bond motifs is 2. The van der Waals surface area contributed by atoms with Crippen molar-refractivity contribution in [3.8, 4) is 11.5 Å². The van der Waals surface area contributed by atoms with E-state index in [0.717, 1.165) is 31.6 Å². The smallest absolute Gasteiger partial charge is 0.231 e. The van der Waals surface area contributed by atoms with Crippen molar-refractivity contribution in [2.75, 3.05) is 19.5 Å². The summed E-state index contributed by atoms with van der Waals surface area (Å²) in [6, 6.07) is 13.5. The van der Waals surface area contributed by atoms with Gasteiger partial charge in [-0.3, -0.25) is 4.79 Å². The molecule has 0 fully saturated rings. The zero-order chi connectivity index (χ0) is 17.2. The van der Waals surface area contributed by atoms with Crippen molar-refractivity contribution >= 4 is 39.2 Å². The summed E-state index contributed by atoms with van der Waals surface area (Å²) in [6.07, 6.45) is 0. The topological polar surface area (TPSA) is 60.5 Å². The van der Waals surface area contributed by atoms with Crippen LogP contribution in [0, 0.1) is 0 Å². The predicted octanol–water partition coefficient (Wildman–Crippen LogP) is 3.65. The number of nitrogens with zero attached hydrogens (tertiary/aromatic N) is 1. The van der Waals surface area contributed by atoms with Gasteiger partial charge in [0.25, 0.3) is 0 Å². The molecule has 0 spiro atoms. The summed E-state index contributed by atoms with van der Waals surface area (Å²) >= 11 is 3.06. The van der Waals surface area contributed by atoms with Crippen LogP contribution in [0.5, 0.6) is 11.5 Å². The van der Waals surface area contributed by atoms with Gasteiger partial charge in [-0.05, 0) is 30.3 Å². The van der Waals surface area contributed by atoms with Crippen LogP contribution >= 0.6 is 23.1 Å². The molecule has 0 unspecified atom stereocenters. The largest absolute Gasteiger partial charge is 0.497 e. The van der Waals surface area contributed by atoms with E-state index in [1.807, 2.05) is 42.5 Å². The van der Waals surface area contributed by atoms with E-state index in [0.29, 0.717) is 12.4 Å². The number of benzene rings is 2. The van der Waals surface area contributed by atoms with Crippen LogP contribution in [0.3, 0.4) is 0 Å². The Bertz CT molecular complexity index is 893. The molecule has 0 saturated heterocycles.